The smallest absolute Gasteiger partial charge is 0.293 e. The number of carbonyl (C=O) groups excluding carboxylic acids is 2. The number of likely N-dealkylation sites (N-methyl/N-ethyl adjacent to an activating group) is 1. The lowest BCUT2D eigenvalue weighted by molar-refractivity contribution is -0.881. The van der Waals surface area contributed by atoms with E-state index in [0.29, 0.717) is 23.5 Å². The lowest BCUT2D eigenvalue weighted by Gasteiger charge is -2.18. The number of quaternary nitrogens is 1. The number of rotatable bonds is 9. The predicted molar refractivity (Wildman–Crippen MR) is 114 cm³/mol. The van der Waals surface area contributed by atoms with Crippen LogP contribution >= 0.6 is 0 Å². The van der Waals surface area contributed by atoms with Crippen molar-refractivity contribution in [3.05, 3.63) is 57.6 Å². The number of nitrogens with zero attached hydrogens (tertiary/aromatic N) is 1. The standard InChI is InChI=1S/C21H26N4O5/c1-5-24(12-19(26)22-16-7-6-8-17(11-16)30-4)13-20(27)23-21-15(3)14(2)9-10-18(21)25(28)29/h6-11H,5,12-13H2,1-4H3,(H,22,26)(H,23,27)/p+1. The van der Waals surface area contributed by atoms with Gasteiger partial charge >= 0.3 is 0 Å². The number of methoxy groups -OCH3 is 1. The van der Waals surface area contributed by atoms with E-state index >= 15 is 0 Å². The van der Waals surface area contributed by atoms with E-state index in [0.717, 1.165) is 10.5 Å². The Kier molecular flexibility index (Phi) is 7.88. The maximum absolute atomic E-state index is 12.5. The van der Waals surface area contributed by atoms with Gasteiger partial charge in [0.15, 0.2) is 13.1 Å². The Hall–Kier alpha value is -3.46. The van der Waals surface area contributed by atoms with Gasteiger partial charge in [-0.3, -0.25) is 19.7 Å². The molecule has 1 unspecified atom stereocenters. The van der Waals surface area contributed by atoms with Gasteiger partial charge in [-0.25, -0.2) is 0 Å². The predicted octanol–water partition coefficient (Wildman–Crippen LogP) is 1.70. The number of nitro groups is 1. The molecule has 2 rings (SSSR count). The van der Waals surface area contributed by atoms with Crippen LogP contribution in [0.5, 0.6) is 5.75 Å². The lowest BCUT2D eigenvalue weighted by Crippen LogP contribution is -3.13. The van der Waals surface area contributed by atoms with Crippen molar-refractivity contribution in [2.45, 2.75) is 20.8 Å². The van der Waals surface area contributed by atoms with Gasteiger partial charge in [-0.15, -0.1) is 0 Å². The largest absolute Gasteiger partial charge is 0.497 e. The maximum Gasteiger partial charge on any atom is 0.293 e. The van der Waals surface area contributed by atoms with E-state index in [1.165, 1.54) is 6.07 Å². The van der Waals surface area contributed by atoms with Crippen molar-refractivity contribution in [2.75, 3.05) is 37.4 Å². The van der Waals surface area contributed by atoms with Crippen molar-refractivity contribution >= 4 is 28.9 Å². The highest BCUT2D eigenvalue weighted by molar-refractivity contribution is 5.95. The van der Waals surface area contributed by atoms with Crippen LogP contribution in [-0.2, 0) is 9.59 Å². The molecule has 30 heavy (non-hydrogen) atoms. The average molecular weight is 415 g/mol. The SMILES string of the molecule is CC[NH+](CC(=O)Nc1cccc(OC)c1)CC(=O)Nc1c([N+](=O)[O-])ccc(C)c1C. The molecule has 0 aliphatic rings. The van der Waals surface area contributed by atoms with E-state index in [-0.39, 0.29) is 30.4 Å². The van der Waals surface area contributed by atoms with Crippen molar-refractivity contribution in [1.82, 2.24) is 0 Å². The molecular formula is C21H27N4O5+. The van der Waals surface area contributed by atoms with Crippen molar-refractivity contribution in [1.29, 1.82) is 0 Å². The molecule has 0 fully saturated rings. The number of anilines is 2. The summed E-state index contributed by atoms with van der Waals surface area (Å²) >= 11 is 0. The Labute approximate surface area is 175 Å². The summed E-state index contributed by atoms with van der Waals surface area (Å²) in [5, 5.41) is 16.7. The van der Waals surface area contributed by atoms with Crippen molar-refractivity contribution in [2.24, 2.45) is 0 Å². The Bertz CT molecular complexity index is 945. The van der Waals surface area contributed by atoms with E-state index in [1.54, 1.807) is 44.4 Å². The van der Waals surface area contributed by atoms with Crippen LogP contribution in [0.3, 0.4) is 0 Å². The van der Waals surface area contributed by atoms with Gasteiger partial charge in [0.25, 0.3) is 17.5 Å². The first-order chi connectivity index (χ1) is 14.2. The summed E-state index contributed by atoms with van der Waals surface area (Å²) < 4.78 is 5.13. The van der Waals surface area contributed by atoms with E-state index in [2.05, 4.69) is 10.6 Å². The van der Waals surface area contributed by atoms with E-state index in [4.69, 9.17) is 4.74 Å². The highest BCUT2D eigenvalue weighted by Gasteiger charge is 2.22. The van der Waals surface area contributed by atoms with Gasteiger partial charge in [0, 0.05) is 17.8 Å². The molecule has 0 spiro atoms. The number of nitro benzene ring substituents is 1. The molecule has 2 aromatic carbocycles. The summed E-state index contributed by atoms with van der Waals surface area (Å²) in [7, 11) is 1.54. The molecule has 9 nitrogen and oxygen atoms in total. The van der Waals surface area contributed by atoms with Crippen LogP contribution in [0.15, 0.2) is 36.4 Å². The molecule has 3 N–H and O–H groups in total. The van der Waals surface area contributed by atoms with Crippen LogP contribution in [0.25, 0.3) is 0 Å². The Morgan fingerprint density at radius 3 is 2.37 bits per heavy atom. The first-order valence-electron chi connectivity index (χ1n) is 9.57. The van der Waals surface area contributed by atoms with E-state index in [9.17, 15) is 19.7 Å². The fraction of sp³-hybridized carbons (Fsp3) is 0.333. The molecule has 0 aliphatic carbocycles. The molecule has 160 valence electrons. The molecule has 0 radical (unpaired) electrons. The Morgan fingerprint density at radius 1 is 1.10 bits per heavy atom. The number of hydrogen-bond donors (Lipinski definition) is 3. The molecule has 0 bridgehead atoms. The number of hydrogen-bond acceptors (Lipinski definition) is 5. The van der Waals surface area contributed by atoms with Gasteiger partial charge in [0.05, 0.1) is 18.6 Å². The van der Waals surface area contributed by atoms with E-state index < -0.39 is 10.8 Å². The van der Waals surface area contributed by atoms with Crippen LogP contribution < -0.4 is 20.3 Å². The summed E-state index contributed by atoms with van der Waals surface area (Å²) in [6.07, 6.45) is 0. The van der Waals surface area contributed by atoms with Crippen molar-refractivity contribution in [3.8, 4) is 5.75 Å². The van der Waals surface area contributed by atoms with E-state index in [1.807, 2.05) is 13.8 Å². The maximum atomic E-state index is 12.5. The molecule has 0 saturated heterocycles. The topological polar surface area (TPSA) is 115 Å². The fourth-order valence-electron chi connectivity index (χ4n) is 2.97. The van der Waals surface area contributed by atoms with Crippen LogP contribution in [0.1, 0.15) is 18.1 Å². The van der Waals surface area contributed by atoms with Crippen molar-refractivity contribution < 1.29 is 24.1 Å². The molecule has 0 saturated carbocycles. The molecule has 2 amide bonds. The highest BCUT2D eigenvalue weighted by atomic mass is 16.6. The quantitative estimate of drug-likeness (QED) is 0.426. The first-order valence-corrected chi connectivity index (χ1v) is 9.57. The zero-order valence-electron chi connectivity index (χ0n) is 17.6. The van der Waals surface area contributed by atoms with Crippen LogP contribution in [0.4, 0.5) is 17.1 Å². The number of carbonyl (C=O) groups is 2. The molecule has 1 atom stereocenters. The van der Waals surface area contributed by atoms with Gasteiger partial charge in [-0.05, 0) is 44.0 Å². The van der Waals surface area contributed by atoms with Gasteiger partial charge in [-0.2, -0.15) is 0 Å². The molecule has 0 aromatic heterocycles. The molecule has 0 heterocycles. The lowest BCUT2D eigenvalue weighted by atomic mass is 10.1. The third-order valence-corrected chi connectivity index (χ3v) is 4.85. The number of amides is 2. The zero-order valence-corrected chi connectivity index (χ0v) is 17.6. The zero-order chi connectivity index (χ0) is 22.3. The normalized spacial score (nSPS) is 11.5. The highest BCUT2D eigenvalue weighted by Crippen LogP contribution is 2.29. The molecule has 0 aliphatic heterocycles. The minimum atomic E-state index is -0.520. The second-order valence-corrected chi connectivity index (χ2v) is 6.94. The number of nitrogens with one attached hydrogen (secondary N) is 3. The van der Waals surface area contributed by atoms with Gasteiger partial charge in [0.1, 0.15) is 11.4 Å². The second kappa shape index (κ2) is 10.4. The fourth-order valence-corrected chi connectivity index (χ4v) is 2.97. The summed E-state index contributed by atoms with van der Waals surface area (Å²) in [5.41, 5.74) is 2.13. The summed E-state index contributed by atoms with van der Waals surface area (Å²) in [6, 6.07) is 10.0. The number of aryl methyl sites for hydroxylation is 1. The molecule has 2 aromatic rings. The van der Waals surface area contributed by atoms with Crippen LogP contribution in [0, 0.1) is 24.0 Å². The van der Waals surface area contributed by atoms with Crippen molar-refractivity contribution in [3.63, 3.8) is 0 Å². The third-order valence-electron chi connectivity index (χ3n) is 4.85. The van der Waals surface area contributed by atoms with Gasteiger partial charge in [0.2, 0.25) is 0 Å². The monoisotopic (exact) mass is 415 g/mol. The van der Waals surface area contributed by atoms with Gasteiger partial charge < -0.3 is 20.3 Å². The number of ether oxygens (including phenoxy) is 1. The molecular weight excluding hydrogens is 388 g/mol. The summed E-state index contributed by atoms with van der Waals surface area (Å²) in [4.78, 5) is 36.4. The van der Waals surface area contributed by atoms with Gasteiger partial charge in [-0.1, -0.05) is 12.1 Å². The third kappa shape index (κ3) is 6.02. The molecule has 9 heteroatoms. The summed E-state index contributed by atoms with van der Waals surface area (Å²) in [6.45, 7) is 6.03. The summed E-state index contributed by atoms with van der Waals surface area (Å²) in [5.74, 6) is -0.00885. The number of benzene rings is 2. The average Bonchev–Trinajstić information content (AvgIpc) is 2.70. The Balaban J connectivity index is 2.02. The van der Waals surface area contributed by atoms with Crippen LogP contribution in [0.2, 0.25) is 0 Å². The Morgan fingerprint density at radius 2 is 1.77 bits per heavy atom. The first kappa shape index (κ1) is 22.8. The minimum Gasteiger partial charge on any atom is -0.497 e. The minimum absolute atomic E-state index is 0.00651. The van der Waals surface area contributed by atoms with Crippen LogP contribution in [-0.4, -0.2) is 43.5 Å². The second-order valence-electron chi connectivity index (χ2n) is 6.94.